The minimum atomic E-state index is -0.404. The third-order valence-corrected chi connectivity index (χ3v) is 3.93. The predicted molar refractivity (Wildman–Crippen MR) is 95.9 cm³/mol. The number of carbonyl (C=O) groups is 1. The zero-order valence-electron chi connectivity index (χ0n) is 14.3. The summed E-state index contributed by atoms with van der Waals surface area (Å²) in [4.78, 5) is 12.2. The molecule has 0 unspecified atom stereocenters. The number of ether oxygens (including phenoxy) is 3. The molecule has 0 aromatic heterocycles. The van der Waals surface area contributed by atoms with Gasteiger partial charge >= 0.3 is 0 Å². The van der Waals surface area contributed by atoms with Crippen LogP contribution in [0.3, 0.4) is 0 Å². The van der Waals surface area contributed by atoms with E-state index in [1.54, 1.807) is 25.3 Å². The molecule has 26 heavy (non-hydrogen) atoms. The number of hydrogen-bond acceptors (Lipinski definition) is 5. The van der Waals surface area contributed by atoms with Crippen molar-refractivity contribution in [2.45, 2.75) is 6.42 Å². The normalized spacial score (nSPS) is 12.4. The molecule has 2 aromatic carbocycles. The number of amides is 1. The lowest BCUT2D eigenvalue weighted by Gasteiger charge is -2.06. The molecule has 6 heteroatoms. The molecule has 1 N–H and O–H groups in total. The van der Waals surface area contributed by atoms with Gasteiger partial charge in [-0.1, -0.05) is 18.2 Å². The number of rotatable bonds is 6. The van der Waals surface area contributed by atoms with Crippen molar-refractivity contribution in [1.29, 1.82) is 5.26 Å². The van der Waals surface area contributed by atoms with E-state index in [1.807, 2.05) is 30.3 Å². The topological polar surface area (TPSA) is 80.6 Å². The average molecular weight is 350 g/mol. The zero-order chi connectivity index (χ0) is 18.4. The molecule has 0 saturated heterocycles. The van der Waals surface area contributed by atoms with Crippen molar-refractivity contribution >= 4 is 12.0 Å². The van der Waals surface area contributed by atoms with E-state index in [1.165, 1.54) is 6.08 Å². The highest BCUT2D eigenvalue weighted by Crippen LogP contribution is 2.33. The standard InChI is InChI=1S/C20H18N2O4/c1-24-17-5-2-14(3-6-17)8-9-22-20(23)16(12-21)10-15-4-7-18-19(11-15)26-13-25-18/h2-7,10-11H,8-9,13H2,1H3,(H,22,23)/b16-10+. The monoisotopic (exact) mass is 350 g/mol. The van der Waals surface area contributed by atoms with Gasteiger partial charge in [0, 0.05) is 6.54 Å². The van der Waals surface area contributed by atoms with Crippen LogP contribution in [0.4, 0.5) is 0 Å². The van der Waals surface area contributed by atoms with E-state index >= 15 is 0 Å². The van der Waals surface area contributed by atoms with Gasteiger partial charge in [0.15, 0.2) is 11.5 Å². The van der Waals surface area contributed by atoms with Gasteiger partial charge in [0.05, 0.1) is 7.11 Å². The number of nitrogens with one attached hydrogen (secondary N) is 1. The van der Waals surface area contributed by atoms with Gasteiger partial charge in [-0.15, -0.1) is 0 Å². The molecular formula is C20H18N2O4. The summed E-state index contributed by atoms with van der Waals surface area (Å²) >= 11 is 0. The molecule has 1 aliphatic rings. The van der Waals surface area contributed by atoms with Crippen LogP contribution in [0.2, 0.25) is 0 Å². The van der Waals surface area contributed by atoms with E-state index in [4.69, 9.17) is 14.2 Å². The average Bonchev–Trinajstić information content (AvgIpc) is 3.14. The fourth-order valence-corrected chi connectivity index (χ4v) is 2.53. The Morgan fingerprint density at radius 1 is 1.23 bits per heavy atom. The summed E-state index contributed by atoms with van der Waals surface area (Å²) in [6.07, 6.45) is 2.20. The second-order valence-corrected chi connectivity index (χ2v) is 5.64. The maximum atomic E-state index is 12.2. The highest BCUT2D eigenvalue weighted by atomic mass is 16.7. The quantitative estimate of drug-likeness (QED) is 0.640. The summed E-state index contributed by atoms with van der Waals surface area (Å²) in [6.45, 7) is 0.616. The molecule has 0 saturated carbocycles. The molecule has 6 nitrogen and oxygen atoms in total. The Morgan fingerprint density at radius 2 is 2.00 bits per heavy atom. The van der Waals surface area contributed by atoms with E-state index in [-0.39, 0.29) is 12.4 Å². The smallest absolute Gasteiger partial charge is 0.261 e. The number of methoxy groups -OCH3 is 1. The summed E-state index contributed by atoms with van der Waals surface area (Å²) < 4.78 is 15.7. The number of benzene rings is 2. The number of hydrogen-bond donors (Lipinski definition) is 1. The molecule has 0 spiro atoms. The Labute approximate surface area is 151 Å². The van der Waals surface area contributed by atoms with Crippen LogP contribution < -0.4 is 19.5 Å². The molecular weight excluding hydrogens is 332 g/mol. The first-order chi connectivity index (χ1) is 12.7. The molecule has 0 atom stereocenters. The van der Waals surface area contributed by atoms with Crippen molar-refractivity contribution in [3.63, 3.8) is 0 Å². The Kier molecular flexibility index (Phi) is 5.40. The molecule has 3 rings (SSSR count). The minimum Gasteiger partial charge on any atom is -0.497 e. The van der Waals surface area contributed by atoms with Crippen LogP contribution in [-0.2, 0) is 11.2 Å². The lowest BCUT2D eigenvalue weighted by atomic mass is 10.1. The Morgan fingerprint density at radius 3 is 2.73 bits per heavy atom. The Hall–Kier alpha value is -3.46. The molecule has 2 aromatic rings. The van der Waals surface area contributed by atoms with Crippen LogP contribution in [-0.4, -0.2) is 26.4 Å². The SMILES string of the molecule is COc1ccc(CCNC(=O)/C(C#N)=C/c2ccc3c(c2)OCO3)cc1. The fraction of sp³-hybridized carbons (Fsp3) is 0.200. The second kappa shape index (κ2) is 8.08. The third kappa shape index (κ3) is 4.14. The molecule has 0 fully saturated rings. The summed E-state index contributed by atoms with van der Waals surface area (Å²) in [5, 5.41) is 12.0. The number of nitrogens with zero attached hydrogens (tertiary/aromatic N) is 1. The molecule has 1 aliphatic heterocycles. The predicted octanol–water partition coefficient (Wildman–Crippen LogP) is 2.69. The van der Waals surface area contributed by atoms with E-state index < -0.39 is 5.91 Å². The van der Waals surface area contributed by atoms with Crippen LogP contribution in [0.1, 0.15) is 11.1 Å². The first-order valence-electron chi connectivity index (χ1n) is 8.12. The zero-order valence-corrected chi connectivity index (χ0v) is 14.3. The first kappa shape index (κ1) is 17.4. The third-order valence-electron chi connectivity index (χ3n) is 3.93. The summed E-state index contributed by atoms with van der Waals surface area (Å²) in [6, 6.07) is 14.8. The molecule has 0 aliphatic carbocycles. The highest BCUT2D eigenvalue weighted by Gasteiger charge is 2.14. The van der Waals surface area contributed by atoms with Crippen LogP contribution in [0.15, 0.2) is 48.0 Å². The van der Waals surface area contributed by atoms with Gasteiger partial charge in [-0.2, -0.15) is 5.26 Å². The molecule has 1 amide bonds. The molecule has 0 bridgehead atoms. The van der Waals surface area contributed by atoms with Gasteiger partial charge in [0.1, 0.15) is 17.4 Å². The maximum Gasteiger partial charge on any atom is 0.261 e. The molecule has 1 heterocycles. The summed E-state index contributed by atoms with van der Waals surface area (Å²) in [5.74, 6) is 1.65. The molecule has 0 radical (unpaired) electrons. The second-order valence-electron chi connectivity index (χ2n) is 5.64. The summed E-state index contributed by atoms with van der Waals surface area (Å²) in [7, 11) is 1.62. The van der Waals surface area contributed by atoms with E-state index in [2.05, 4.69) is 5.32 Å². The van der Waals surface area contributed by atoms with Gasteiger partial charge in [-0.3, -0.25) is 4.79 Å². The highest BCUT2D eigenvalue weighted by molar-refractivity contribution is 6.01. The summed E-state index contributed by atoms with van der Waals surface area (Å²) in [5.41, 5.74) is 1.82. The van der Waals surface area contributed by atoms with E-state index in [9.17, 15) is 10.1 Å². The van der Waals surface area contributed by atoms with Crippen molar-refractivity contribution in [2.24, 2.45) is 0 Å². The number of fused-ring (bicyclic) bond motifs is 1. The van der Waals surface area contributed by atoms with Crippen molar-refractivity contribution in [3.8, 4) is 23.3 Å². The van der Waals surface area contributed by atoms with Gasteiger partial charge in [0.2, 0.25) is 6.79 Å². The lowest BCUT2D eigenvalue weighted by molar-refractivity contribution is -0.117. The van der Waals surface area contributed by atoms with Crippen molar-refractivity contribution in [1.82, 2.24) is 5.32 Å². The Bertz CT molecular complexity index is 866. The fourth-order valence-electron chi connectivity index (χ4n) is 2.53. The van der Waals surface area contributed by atoms with E-state index in [0.717, 1.165) is 11.3 Å². The van der Waals surface area contributed by atoms with Crippen LogP contribution >= 0.6 is 0 Å². The Balaban J connectivity index is 1.59. The van der Waals surface area contributed by atoms with Gasteiger partial charge in [-0.05, 0) is 47.9 Å². The van der Waals surface area contributed by atoms with E-state index in [0.29, 0.717) is 30.0 Å². The van der Waals surface area contributed by atoms with Crippen LogP contribution in [0.5, 0.6) is 17.2 Å². The van der Waals surface area contributed by atoms with Crippen LogP contribution in [0.25, 0.3) is 6.08 Å². The van der Waals surface area contributed by atoms with Crippen molar-refractivity contribution in [3.05, 3.63) is 59.2 Å². The lowest BCUT2D eigenvalue weighted by Crippen LogP contribution is -2.26. The minimum absolute atomic E-state index is 0.0404. The van der Waals surface area contributed by atoms with Gasteiger partial charge in [-0.25, -0.2) is 0 Å². The van der Waals surface area contributed by atoms with Gasteiger partial charge < -0.3 is 19.5 Å². The largest absolute Gasteiger partial charge is 0.497 e. The maximum absolute atomic E-state index is 12.2. The number of nitriles is 1. The van der Waals surface area contributed by atoms with Crippen molar-refractivity contribution < 1.29 is 19.0 Å². The molecule has 132 valence electrons. The van der Waals surface area contributed by atoms with Crippen molar-refractivity contribution in [2.75, 3.05) is 20.4 Å². The number of carbonyl (C=O) groups excluding carboxylic acids is 1. The first-order valence-corrected chi connectivity index (χ1v) is 8.12. The van der Waals surface area contributed by atoms with Gasteiger partial charge in [0.25, 0.3) is 5.91 Å². The van der Waals surface area contributed by atoms with Crippen LogP contribution in [0, 0.1) is 11.3 Å².